The highest BCUT2D eigenvalue weighted by atomic mass is 35.5. The first-order valence-electron chi connectivity index (χ1n) is 9.07. The summed E-state index contributed by atoms with van der Waals surface area (Å²) in [5, 5.41) is 15.6. The number of nitrogens with two attached hydrogens (primary N) is 2. The molecular formula is C18H22Cl2N6O2. The average molecular weight is 425 g/mol. The largest absolute Gasteiger partial charge is 0.378 e. The number of hydrogen-bond acceptors (Lipinski definition) is 7. The summed E-state index contributed by atoms with van der Waals surface area (Å²) in [4.78, 5) is 19.4. The predicted molar refractivity (Wildman–Crippen MR) is 111 cm³/mol. The van der Waals surface area contributed by atoms with Gasteiger partial charge in [-0.25, -0.2) is 4.98 Å². The Balaban J connectivity index is 1.80. The highest BCUT2D eigenvalue weighted by Crippen LogP contribution is 2.32. The Hall–Kier alpha value is -2.16. The van der Waals surface area contributed by atoms with Gasteiger partial charge >= 0.3 is 5.69 Å². The molecule has 0 bridgehead atoms. The van der Waals surface area contributed by atoms with Crippen molar-refractivity contribution in [2.75, 3.05) is 11.1 Å². The van der Waals surface area contributed by atoms with E-state index in [1.54, 1.807) is 18.2 Å². The van der Waals surface area contributed by atoms with Gasteiger partial charge in [0.05, 0.1) is 4.92 Å². The number of benzene rings is 1. The molecule has 1 aromatic carbocycles. The standard InChI is InChI=1S/C18H22Cl2N6O2/c19-12-5-11(6-13(20)8-12)9-23-18-24-15(16(26(27)28)17(22)25-18)7-10-1-3-14(21)4-2-10/h5-6,8,10,14H,1-4,7,9,21H2,(H3,22,23,24,25). The Morgan fingerprint density at radius 3 is 2.39 bits per heavy atom. The number of anilines is 2. The quantitative estimate of drug-likeness (QED) is 0.471. The molecule has 1 aliphatic carbocycles. The topological polar surface area (TPSA) is 133 Å². The molecule has 10 heteroatoms. The van der Waals surface area contributed by atoms with E-state index in [1.165, 1.54) is 0 Å². The van der Waals surface area contributed by atoms with Gasteiger partial charge in [0.25, 0.3) is 0 Å². The number of nitrogens with zero attached hydrogens (tertiary/aromatic N) is 3. The summed E-state index contributed by atoms with van der Waals surface area (Å²) < 4.78 is 0. The number of nitrogen functional groups attached to an aromatic ring is 1. The maximum Gasteiger partial charge on any atom is 0.332 e. The molecule has 0 radical (unpaired) electrons. The van der Waals surface area contributed by atoms with Crippen LogP contribution < -0.4 is 16.8 Å². The van der Waals surface area contributed by atoms with Crippen LogP contribution in [0, 0.1) is 16.0 Å². The number of nitrogens with one attached hydrogen (secondary N) is 1. The van der Waals surface area contributed by atoms with Crippen LogP contribution in [0.4, 0.5) is 17.5 Å². The maximum atomic E-state index is 11.5. The fourth-order valence-electron chi connectivity index (χ4n) is 3.50. The van der Waals surface area contributed by atoms with Crippen molar-refractivity contribution in [1.82, 2.24) is 9.97 Å². The number of hydrogen-bond donors (Lipinski definition) is 3. The molecule has 1 heterocycles. The zero-order valence-corrected chi connectivity index (χ0v) is 16.7. The minimum Gasteiger partial charge on any atom is -0.378 e. The van der Waals surface area contributed by atoms with Crippen molar-refractivity contribution in [3.63, 3.8) is 0 Å². The van der Waals surface area contributed by atoms with Gasteiger partial charge in [-0.2, -0.15) is 4.98 Å². The lowest BCUT2D eigenvalue weighted by Crippen LogP contribution is -2.27. The summed E-state index contributed by atoms with van der Waals surface area (Å²) in [6.07, 6.45) is 4.16. The van der Waals surface area contributed by atoms with Crippen LogP contribution in [0.2, 0.25) is 10.0 Å². The molecule has 28 heavy (non-hydrogen) atoms. The number of halogens is 2. The highest BCUT2D eigenvalue weighted by Gasteiger charge is 2.27. The third-order valence-electron chi connectivity index (χ3n) is 4.91. The first kappa shape index (κ1) is 20.6. The van der Waals surface area contributed by atoms with E-state index in [0.29, 0.717) is 34.6 Å². The Morgan fingerprint density at radius 1 is 1.14 bits per heavy atom. The summed E-state index contributed by atoms with van der Waals surface area (Å²) in [5.41, 5.74) is 12.8. The van der Waals surface area contributed by atoms with Crippen LogP contribution in [0.15, 0.2) is 18.2 Å². The second-order valence-corrected chi connectivity index (χ2v) is 7.97. The zero-order chi connectivity index (χ0) is 20.3. The van der Waals surface area contributed by atoms with Gasteiger partial charge in [0.2, 0.25) is 11.8 Å². The number of aromatic nitrogens is 2. The van der Waals surface area contributed by atoms with Gasteiger partial charge in [-0.05, 0) is 61.8 Å². The number of rotatable bonds is 6. The highest BCUT2D eigenvalue weighted by molar-refractivity contribution is 6.34. The lowest BCUT2D eigenvalue weighted by Gasteiger charge is -2.25. The second-order valence-electron chi connectivity index (χ2n) is 7.10. The Labute approximate surface area is 172 Å². The van der Waals surface area contributed by atoms with Crippen LogP contribution in [0.3, 0.4) is 0 Å². The van der Waals surface area contributed by atoms with Crippen molar-refractivity contribution in [3.8, 4) is 0 Å². The molecule has 1 fully saturated rings. The lowest BCUT2D eigenvalue weighted by molar-refractivity contribution is -0.385. The summed E-state index contributed by atoms with van der Waals surface area (Å²) in [6.45, 7) is 0.356. The molecule has 0 saturated heterocycles. The number of nitro groups is 1. The van der Waals surface area contributed by atoms with Crippen LogP contribution in [-0.4, -0.2) is 20.9 Å². The van der Waals surface area contributed by atoms with Crippen molar-refractivity contribution in [1.29, 1.82) is 0 Å². The van der Waals surface area contributed by atoms with E-state index in [1.807, 2.05) is 0 Å². The van der Waals surface area contributed by atoms with E-state index in [4.69, 9.17) is 34.7 Å². The molecular weight excluding hydrogens is 403 g/mol. The SMILES string of the molecule is Nc1nc(NCc2cc(Cl)cc(Cl)c2)nc(CC2CCC(N)CC2)c1[N+](=O)[O-]. The molecule has 0 amide bonds. The molecule has 0 unspecified atom stereocenters. The van der Waals surface area contributed by atoms with Crippen molar-refractivity contribution < 1.29 is 4.92 Å². The second kappa shape index (κ2) is 8.89. The molecule has 0 aliphatic heterocycles. The monoisotopic (exact) mass is 424 g/mol. The summed E-state index contributed by atoms with van der Waals surface area (Å²) in [6, 6.07) is 5.38. The molecule has 150 valence electrons. The van der Waals surface area contributed by atoms with Gasteiger partial charge in [-0.3, -0.25) is 10.1 Å². The molecule has 3 rings (SSSR count). The summed E-state index contributed by atoms with van der Waals surface area (Å²) >= 11 is 12.0. The van der Waals surface area contributed by atoms with Crippen molar-refractivity contribution in [2.24, 2.45) is 11.7 Å². The Kier molecular flexibility index (Phi) is 6.53. The Morgan fingerprint density at radius 2 is 1.79 bits per heavy atom. The van der Waals surface area contributed by atoms with E-state index >= 15 is 0 Å². The van der Waals surface area contributed by atoms with Crippen LogP contribution in [0.1, 0.15) is 36.9 Å². The van der Waals surface area contributed by atoms with Gasteiger partial charge < -0.3 is 16.8 Å². The van der Waals surface area contributed by atoms with Crippen molar-refractivity contribution >= 4 is 40.7 Å². The molecule has 1 aromatic heterocycles. The normalized spacial score (nSPS) is 19.4. The van der Waals surface area contributed by atoms with Crippen LogP contribution in [-0.2, 0) is 13.0 Å². The first-order chi connectivity index (χ1) is 13.3. The fourth-order valence-corrected chi connectivity index (χ4v) is 4.07. The third-order valence-corrected chi connectivity index (χ3v) is 5.35. The van der Waals surface area contributed by atoms with Gasteiger partial charge in [0.1, 0.15) is 5.69 Å². The molecule has 5 N–H and O–H groups in total. The van der Waals surface area contributed by atoms with Crippen molar-refractivity contribution in [3.05, 3.63) is 49.6 Å². The molecule has 2 aromatic rings. The minimum absolute atomic E-state index is 0.144. The van der Waals surface area contributed by atoms with E-state index in [0.717, 1.165) is 31.2 Å². The zero-order valence-electron chi connectivity index (χ0n) is 15.2. The Bertz CT molecular complexity index is 851. The smallest absolute Gasteiger partial charge is 0.332 e. The van der Waals surface area contributed by atoms with Crippen LogP contribution in [0.5, 0.6) is 0 Å². The van der Waals surface area contributed by atoms with E-state index in [9.17, 15) is 10.1 Å². The van der Waals surface area contributed by atoms with Crippen molar-refractivity contribution in [2.45, 2.75) is 44.7 Å². The van der Waals surface area contributed by atoms with Crippen LogP contribution >= 0.6 is 23.2 Å². The van der Waals surface area contributed by atoms with E-state index in [-0.39, 0.29) is 23.5 Å². The molecule has 0 atom stereocenters. The first-order valence-corrected chi connectivity index (χ1v) is 9.82. The molecule has 0 spiro atoms. The van der Waals surface area contributed by atoms with E-state index in [2.05, 4.69) is 15.3 Å². The van der Waals surface area contributed by atoms with E-state index < -0.39 is 4.92 Å². The predicted octanol–water partition coefficient (Wildman–Crippen LogP) is 3.95. The summed E-state index contributed by atoms with van der Waals surface area (Å²) in [5.74, 6) is 0.392. The average Bonchev–Trinajstić information content (AvgIpc) is 2.60. The molecule has 8 nitrogen and oxygen atoms in total. The summed E-state index contributed by atoms with van der Waals surface area (Å²) in [7, 11) is 0. The fraction of sp³-hybridized carbons (Fsp3) is 0.444. The van der Waals surface area contributed by atoms with Gasteiger partial charge in [-0.1, -0.05) is 23.2 Å². The van der Waals surface area contributed by atoms with Crippen LogP contribution in [0.25, 0.3) is 0 Å². The van der Waals surface area contributed by atoms with Gasteiger partial charge in [0, 0.05) is 22.6 Å². The molecule has 1 aliphatic rings. The van der Waals surface area contributed by atoms with Gasteiger partial charge in [0.15, 0.2) is 0 Å². The molecule has 1 saturated carbocycles. The third kappa shape index (κ3) is 5.21. The maximum absolute atomic E-state index is 11.5. The lowest BCUT2D eigenvalue weighted by atomic mass is 9.83. The minimum atomic E-state index is -0.514. The van der Waals surface area contributed by atoms with Gasteiger partial charge in [-0.15, -0.1) is 0 Å².